The Kier molecular flexibility index (Phi) is 2.30. The molecule has 1 aliphatic heterocycles. The highest BCUT2D eigenvalue weighted by atomic mass is 16.5. The molecule has 3 nitrogen and oxygen atoms in total. The lowest BCUT2D eigenvalue weighted by molar-refractivity contribution is 0.346. The Morgan fingerprint density at radius 3 is 2.79 bits per heavy atom. The molecule has 1 N–H and O–H groups in total. The van der Waals surface area contributed by atoms with Gasteiger partial charge >= 0.3 is 0 Å². The number of amidine groups is 1. The van der Waals surface area contributed by atoms with E-state index in [0.717, 1.165) is 18.7 Å². The monoisotopic (exact) mass is 250 g/mol. The molecule has 2 aliphatic rings. The smallest absolute Gasteiger partial charge is 0.289 e. The van der Waals surface area contributed by atoms with Crippen LogP contribution in [0.1, 0.15) is 11.1 Å². The minimum atomic E-state index is 0.635. The molecule has 2 aromatic rings. The van der Waals surface area contributed by atoms with Crippen molar-refractivity contribution in [2.45, 2.75) is 6.42 Å². The molecule has 4 rings (SSSR count). The van der Waals surface area contributed by atoms with Crippen molar-refractivity contribution in [1.29, 1.82) is 0 Å². The van der Waals surface area contributed by atoms with Crippen molar-refractivity contribution in [3.63, 3.8) is 0 Å². The summed E-state index contributed by atoms with van der Waals surface area (Å²) in [4.78, 5) is 4.25. The molecule has 1 heterocycles. The van der Waals surface area contributed by atoms with Crippen LogP contribution in [-0.4, -0.2) is 19.2 Å². The average Bonchev–Trinajstić information content (AvgIpc) is 3.05. The van der Waals surface area contributed by atoms with Crippen LogP contribution in [0.4, 0.5) is 5.69 Å². The predicted molar refractivity (Wildman–Crippen MR) is 76.6 cm³/mol. The van der Waals surface area contributed by atoms with Crippen molar-refractivity contribution in [1.82, 2.24) is 0 Å². The Labute approximate surface area is 111 Å². The second-order valence-corrected chi connectivity index (χ2v) is 4.87. The zero-order valence-corrected chi connectivity index (χ0v) is 10.5. The summed E-state index contributed by atoms with van der Waals surface area (Å²) in [5.74, 6) is 0. The number of aliphatic imine (C=N–C) groups is 1. The molecule has 0 saturated carbocycles. The molecule has 0 spiro atoms. The third-order valence-corrected chi connectivity index (χ3v) is 3.63. The largest absolute Gasteiger partial charge is 0.463 e. The maximum Gasteiger partial charge on any atom is 0.289 e. The summed E-state index contributed by atoms with van der Waals surface area (Å²) >= 11 is 0. The molecular weight excluding hydrogens is 236 g/mol. The van der Waals surface area contributed by atoms with E-state index in [4.69, 9.17) is 4.74 Å². The quantitative estimate of drug-likeness (QED) is 0.720. The first-order valence-electron chi connectivity index (χ1n) is 6.56. The van der Waals surface area contributed by atoms with Crippen LogP contribution in [0, 0.1) is 0 Å². The van der Waals surface area contributed by atoms with Crippen molar-refractivity contribution >= 4 is 11.7 Å². The first kappa shape index (κ1) is 10.6. The van der Waals surface area contributed by atoms with Crippen LogP contribution >= 0.6 is 0 Å². The molecule has 1 aliphatic carbocycles. The van der Waals surface area contributed by atoms with Crippen molar-refractivity contribution in [3.8, 4) is 11.1 Å². The molecule has 0 bridgehead atoms. The number of fused-ring (bicyclic) bond motifs is 3. The normalized spacial score (nSPS) is 15.5. The van der Waals surface area contributed by atoms with Gasteiger partial charge in [0.1, 0.15) is 6.61 Å². The van der Waals surface area contributed by atoms with Gasteiger partial charge in [0, 0.05) is 5.69 Å². The summed E-state index contributed by atoms with van der Waals surface area (Å²) in [5.41, 5.74) is 6.52. The van der Waals surface area contributed by atoms with Crippen LogP contribution in [0.3, 0.4) is 0 Å². The van der Waals surface area contributed by atoms with Crippen LogP contribution in [0.25, 0.3) is 11.1 Å². The third kappa shape index (κ3) is 1.78. The van der Waals surface area contributed by atoms with Crippen LogP contribution in [-0.2, 0) is 11.2 Å². The van der Waals surface area contributed by atoms with Gasteiger partial charge in [0.25, 0.3) is 6.02 Å². The number of rotatable bonds is 1. The number of nitrogens with zero attached hydrogens (tertiary/aromatic N) is 1. The van der Waals surface area contributed by atoms with Crippen LogP contribution in [0.2, 0.25) is 0 Å². The molecule has 0 saturated heterocycles. The van der Waals surface area contributed by atoms with Gasteiger partial charge in [-0.2, -0.15) is 0 Å². The lowest BCUT2D eigenvalue weighted by atomic mass is 10.1. The van der Waals surface area contributed by atoms with Crippen molar-refractivity contribution < 1.29 is 4.74 Å². The Hall–Kier alpha value is -2.29. The number of nitrogens with one attached hydrogen (secondary N) is 1. The SMILES string of the molecule is c1ccc2c(c1)Cc1cc(NC3=NCCO3)ccc1-2. The van der Waals surface area contributed by atoms with E-state index in [9.17, 15) is 0 Å². The number of benzene rings is 2. The average molecular weight is 250 g/mol. The Balaban J connectivity index is 1.67. The standard InChI is InChI=1S/C16H14N2O/c1-2-4-14-11(3-1)9-12-10-13(5-6-15(12)14)18-16-17-7-8-19-16/h1-6,10H,7-9H2,(H,17,18). The van der Waals surface area contributed by atoms with Gasteiger partial charge in [0.2, 0.25) is 0 Å². The Morgan fingerprint density at radius 1 is 1.00 bits per heavy atom. The molecule has 19 heavy (non-hydrogen) atoms. The van der Waals surface area contributed by atoms with E-state index in [1.54, 1.807) is 0 Å². The lowest BCUT2D eigenvalue weighted by Gasteiger charge is -2.08. The number of hydrogen-bond acceptors (Lipinski definition) is 3. The summed E-state index contributed by atoms with van der Waals surface area (Å²) in [5, 5.41) is 3.23. The summed E-state index contributed by atoms with van der Waals surface area (Å²) in [6.45, 7) is 1.43. The van der Waals surface area contributed by atoms with Gasteiger partial charge < -0.3 is 10.1 Å². The second-order valence-electron chi connectivity index (χ2n) is 4.87. The zero-order chi connectivity index (χ0) is 12.7. The Bertz CT molecular complexity index is 676. The maximum absolute atomic E-state index is 5.38. The van der Waals surface area contributed by atoms with Crippen molar-refractivity contribution in [2.24, 2.45) is 4.99 Å². The third-order valence-electron chi connectivity index (χ3n) is 3.63. The Morgan fingerprint density at radius 2 is 1.89 bits per heavy atom. The maximum atomic E-state index is 5.38. The molecule has 0 atom stereocenters. The van der Waals surface area contributed by atoms with Crippen LogP contribution in [0.5, 0.6) is 0 Å². The van der Waals surface area contributed by atoms with Crippen molar-refractivity contribution in [3.05, 3.63) is 53.6 Å². The first-order valence-corrected chi connectivity index (χ1v) is 6.56. The molecule has 0 radical (unpaired) electrons. The minimum absolute atomic E-state index is 0.635. The van der Waals surface area contributed by atoms with E-state index in [-0.39, 0.29) is 0 Å². The molecule has 0 amide bonds. The zero-order valence-electron chi connectivity index (χ0n) is 10.5. The van der Waals surface area contributed by atoms with E-state index in [1.165, 1.54) is 22.3 Å². The number of hydrogen-bond donors (Lipinski definition) is 1. The van der Waals surface area contributed by atoms with E-state index >= 15 is 0 Å². The minimum Gasteiger partial charge on any atom is -0.463 e. The second kappa shape index (κ2) is 4.12. The summed E-state index contributed by atoms with van der Waals surface area (Å²) in [6, 6.07) is 15.7. The number of ether oxygens (including phenoxy) is 1. The number of anilines is 1. The molecular formula is C16H14N2O. The van der Waals surface area contributed by atoms with E-state index in [2.05, 4.69) is 52.8 Å². The highest BCUT2D eigenvalue weighted by Crippen LogP contribution is 2.37. The fourth-order valence-corrected chi connectivity index (χ4v) is 2.76. The fourth-order valence-electron chi connectivity index (χ4n) is 2.76. The van der Waals surface area contributed by atoms with Gasteiger partial charge in [0.05, 0.1) is 6.54 Å². The van der Waals surface area contributed by atoms with E-state index < -0.39 is 0 Å². The van der Waals surface area contributed by atoms with Gasteiger partial charge in [-0.1, -0.05) is 30.3 Å². The van der Waals surface area contributed by atoms with Gasteiger partial charge in [-0.25, -0.2) is 4.99 Å². The molecule has 3 heteroatoms. The summed E-state index contributed by atoms with van der Waals surface area (Å²) in [6.07, 6.45) is 1.01. The van der Waals surface area contributed by atoms with Gasteiger partial charge in [-0.3, -0.25) is 0 Å². The van der Waals surface area contributed by atoms with Crippen LogP contribution < -0.4 is 5.32 Å². The lowest BCUT2D eigenvalue weighted by Crippen LogP contribution is -2.11. The molecule has 0 fully saturated rings. The summed E-state index contributed by atoms with van der Waals surface area (Å²) < 4.78 is 5.38. The van der Waals surface area contributed by atoms with Crippen molar-refractivity contribution in [2.75, 3.05) is 18.5 Å². The molecule has 0 unspecified atom stereocenters. The highest BCUT2D eigenvalue weighted by Gasteiger charge is 2.18. The summed E-state index contributed by atoms with van der Waals surface area (Å²) in [7, 11) is 0. The van der Waals surface area contributed by atoms with Gasteiger partial charge in [0.15, 0.2) is 0 Å². The van der Waals surface area contributed by atoms with E-state index in [1.807, 2.05) is 0 Å². The topological polar surface area (TPSA) is 33.6 Å². The predicted octanol–water partition coefficient (Wildman–Crippen LogP) is 3.06. The first-order chi connectivity index (χ1) is 9.40. The molecule has 94 valence electrons. The highest BCUT2D eigenvalue weighted by molar-refractivity contribution is 5.91. The van der Waals surface area contributed by atoms with E-state index in [0.29, 0.717) is 12.6 Å². The molecule has 0 aromatic heterocycles. The molecule has 2 aromatic carbocycles. The van der Waals surface area contributed by atoms with Gasteiger partial charge in [-0.15, -0.1) is 0 Å². The van der Waals surface area contributed by atoms with Crippen LogP contribution in [0.15, 0.2) is 47.5 Å². The van der Waals surface area contributed by atoms with Gasteiger partial charge in [-0.05, 0) is 40.8 Å². The fraction of sp³-hybridized carbons (Fsp3) is 0.188.